The first-order chi connectivity index (χ1) is 8.20. The lowest BCUT2D eigenvalue weighted by Gasteiger charge is -2.16. The van der Waals surface area contributed by atoms with Gasteiger partial charge in [-0.2, -0.15) is 13.2 Å². The molecule has 100 valence electrons. The average Bonchev–Trinajstić information content (AvgIpc) is 2.18. The number of rotatable bonds is 4. The molecule has 0 aromatic heterocycles. The number of nitrogens with one attached hydrogen (secondary N) is 1. The summed E-state index contributed by atoms with van der Waals surface area (Å²) in [5.41, 5.74) is -0.561. The van der Waals surface area contributed by atoms with Crippen LogP contribution in [0.2, 0.25) is 0 Å². The van der Waals surface area contributed by atoms with Crippen molar-refractivity contribution in [1.29, 1.82) is 0 Å². The van der Waals surface area contributed by atoms with Crippen LogP contribution in [0.4, 0.5) is 18.9 Å². The highest BCUT2D eigenvalue weighted by atomic mass is 79.9. The van der Waals surface area contributed by atoms with Crippen molar-refractivity contribution in [3.63, 3.8) is 0 Å². The summed E-state index contributed by atoms with van der Waals surface area (Å²) in [4.78, 5) is 10.5. The molecule has 1 aromatic rings. The molecule has 1 aromatic carbocycles. The highest BCUT2D eigenvalue weighted by Gasteiger charge is 2.31. The highest BCUT2D eigenvalue weighted by molar-refractivity contribution is 9.10. The first-order valence-corrected chi connectivity index (χ1v) is 5.84. The van der Waals surface area contributed by atoms with Crippen molar-refractivity contribution < 1.29 is 23.1 Å². The normalized spacial score (nSPS) is 13.2. The summed E-state index contributed by atoms with van der Waals surface area (Å²) in [6, 6.07) is 2.71. The van der Waals surface area contributed by atoms with Crippen LogP contribution in [-0.4, -0.2) is 17.1 Å². The summed E-state index contributed by atoms with van der Waals surface area (Å²) in [7, 11) is 0. The Hall–Kier alpha value is -1.24. The third kappa shape index (κ3) is 4.21. The molecular weight excluding hydrogens is 315 g/mol. The molecule has 0 saturated carbocycles. The van der Waals surface area contributed by atoms with Crippen molar-refractivity contribution in [3.05, 3.63) is 28.2 Å². The minimum atomic E-state index is -4.42. The number of aliphatic carboxylic acids is 1. The molecule has 0 fully saturated rings. The van der Waals surface area contributed by atoms with Crippen LogP contribution in [0.15, 0.2) is 22.7 Å². The van der Waals surface area contributed by atoms with Crippen molar-refractivity contribution in [3.8, 4) is 0 Å². The molecule has 1 unspecified atom stereocenters. The number of carboxylic acids is 1. The number of carboxylic acid groups (broad SMARTS) is 1. The zero-order chi connectivity index (χ0) is 13.9. The van der Waals surface area contributed by atoms with E-state index < -0.39 is 23.8 Å². The van der Waals surface area contributed by atoms with E-state index in [-0.39, 0.29) is 12.1 Å². The van der Waals surface area contributed by atoms with Gasteiger partial charge in [0.2, 0.25) is 0 Å². The molecule has 0 aliphatic carbocycles. The van der Waals surface area contributed by atoms with Crippen molar-refractivity contribution in [2.45, 2.75) is 25.6 Å². The molecule has 0 aliphatic rings. The van der Waals surface area contributed by atoms with Gasteiger partial charge in [0.1, 0.15) is 0 Å². The molecule has 0 aliphatic heterocycles. The van der Waals surface area contributed by atoms with E-state index in [1.54, 1.807) is 6.92 Å². The smallest absolute Gasteiger partial charge is 0.416 e. The van der Waals surface area contributed by atoms with Crippen LogP contribution in [0.25, 0.3) is 0 Å². The van der Waals surface area contributed by atoms with Gasteiger partial charge < -0.3 is 10.4 Å². The number of benzene rings is 1. The largest absolute Gasteiger partial charge is 0.481 e. The molecular formula is C11H11BrF3NO2. The van der Waals surface area contributed by atoms with E-state index in [0.717, 1.165) is 12.1 Å². The van der Waals surface area contributed by atoms with Gasteiger partial charge in [-0.1, -0.05) is 0 Å². The third-order valence-electron chi connectivity index (χ3n) is 2.18. The molecule has 2 N–H and O–H groups in total. The quantitative estimate of drug-likeness (QED) is 0.886. The molecule has 0 radical (unpaired) electrons. The van der Waals surface area contributed by atoms with Gasteiger partial charge in [-0.3, -0.25) is 4.79 Å². The number of halogens is 4. The molecule has 0 spiro atoms. The number of hydrogen-bond acceptors (Lipinski definition) is 2. The summed E-state index contributed by atoms with van der Waals surface area (Å²) < 4.78 is 38.0. The van der Waals surface area contributed by atoms with Gasteiger partial charge in [0, 0.05) is 16.2 Å². The minimum absolute atomic E-state index is 0.178. The van der Waals surface area contributed by atoms with Crippen LogP contribution in [0.1, 0.15) is 18.9 Å². The van der Waals surface area contributed by atoms with Crippen LogP contribution >= 0.6 is 15.9 Å². The van der Waals surface area contributed by atoms with E-state index in [0.29, 0.717) is 4.47 Å². The van der Waals surface area contributed by atoms with Gasteiger partial charge >= 0.3 is 12.1 Å². The summed E-state index contributed by atoms with van der Waals surface area (Å²) >= 11 is 3.11. The molecule has 1 atom stereocenters. The Bertz CT molecular complexity index is 448. The second-order valence-corrected chi connectivity index (χ2v) is 4.69. The van der Waals surface area contributed by atoms with Gasteiger partial charge in [-0.15, -0.1) is 0 Å². The number of anilines is 1. The van der Waals surface area contributed by atoms with Crippen LogP contribution in [0.5, 0.6) is 0 Å². The zero-order valence-corrected chi connectivity index (χ0v) is 11.0. The Balaban J connectivity index is 2.91. The molecule has 0 bridgehead atoms. The summed E-state index contributed by atoms with van der Waals surface area (Å²) in [5.74, 6) is -1.02. The predicted molar refractivity (Wildman–Crippen MR) is 64.5 cm³/mol. The molecule has 18 heavy (non-hydrogen) atoms. The van der Waals surface area contributed by atoms with Crippen LogP contribution < -0.4 is 5.32 Å². The van der Waals surface area contributed by atoms with Crippen molar-refractivity contribution >= 4 is 27.6 Å². The van der Waals surface area contributed by atoms with Crippen LogP contribution in [0.3, 0.4) is 0 Å². The van der Waals surface area contributed by atoms with Gasteiger partial charge in [-0.25, -0.2) is 0 Å². The van der Waals surface area contributed by atoms with Crippen molar-refractivity contribution in [2.75, 3.05) is 5.32 Å². The van der Waals surface area contributed by atoms with E-state index in [1.165, 1.54) is 6.07 Å². The first-order valence-electron chi connectivity index (χ1n) is 5.05. The summed E-state index contributed by atoms with van der Waals surface area (Å²) in [6.07, 6.45) is -4.60. The Kier molecular flexibility index (Phi) is 4.61. The second kappa shape index (κ2) is 5.60. The van der Waals surface area contributed by atoms with E-state index in [2.05, 4.69) is 21.2 Å². The molecule has 7 heteroatoms. The lowest BCUT2D eigenvalue weighted by molar-refractivity contribution is -0.138. The predicted octanol–water partition coefficient (Wildman–Crippen LogP) is 3.74. The van der Waals surface area contributed by atoms with E-state index in [9.17, 15) is 18.0 Å². The first kappa shape index (κ1) is 14.8. The number of alkyl halides is 3. The standard InChI is InChI=1S/C11H11BrF3NO2/c1-6(4-10(17)18)16-9-5-7(11(13,14)15)2-3-8(9)12/h2-3,5-6,16H,4H2,1H3,(H,17,18). The topological polar surface area (TPSA) is 49.3 Å². The summed E-state index contributed by atoms with van der Waals surface area (Å²) in [6.45, 7) is 1.58. The zero-order valence-electron chi connectivity index (χ0n) is 9.38. The number of carbonyl (C=O) groups is 1. The molecule has 0 saturated heterocycles. The lowest BCUT2D eigenvalue weighted by atomic mass is 10.1. The highest BCUT2D eigenvalue weighted by Crippen LogP contribution is 2.34. The van der Waals surface area contributed by atoms with Gasteiger partial charge in [-0.05, 0) is 41.1 Å². The second-order valence-electron chi connectivity index (χ2n) is 3.84. The molecule has 0 heterocycles. The third-order valence-corrected chi connectivity index (χ3v) is 2.87. The van der Waals surface area contributed by atoms with E-state index >= 15 is 0 Å². The SMILES string of the molecule is CC(CC(=O)O)Nc1cc(C(F)(F)F)ccc1Br. The molecule has 0 amide bonds. The van der Waals surface area contributed by atoms with Crippen molar-refractivity contribution in [1.82, 2.24) is 0 Å². The Morgan fingerprint density at radius 2 is 2.11 bits per heavy atom. The maximum atomic E-state index is 12.5. The molecule has 1 rings (SSSR count). The Morgan fingerprint density at radius 1 is 1.50 bits per heavy atom. The van der Waals surface area contributed by atoms with E-state index in [4.69, 9.17) is 5.11 Å². The maximum Gasteiger partial charge on any atom is 0.416 e. The van der Waals surface area contributed by atoms with Crippen molar-refractivity contribution in [2.24, 2.45) is 0 Å². The van der Waals surface area contributed by atoms with Crippen LogP contribution in [0, 0.1) is 0 Å². The fourth-order valence-corrected chi connectivity index (χ4v) is 1.75. The molecule has 3 nitrogen and oxygen atoms in total. The Morgan fingerprint density at radius 3 is 2.61 bits per heavy atom. The lowest BCUT2D eigenvalue weighted by Crippen LogP contribution is -2.20. The summed E-state index contributed by atoms with van der Waals surface area (Å²) in [5, 5.41) is 11.3. The van der Waals surface area contributed by atoms with Crippen LogP contribution in [-0.2, 0) is 11.0 Å². The van der Waals surface area contributed by atoms with Gasteiger partial charge in [0.25, 0.3) is 0 Å². The Labute approximate surface area is 110 Å². The van der Waals surface area contributed by atoms with E-state index in [1.807, 2.05) is 0 Å². The van der Waals surface area contributed by atoms with Gasteiger partial charge in [0.15, 0.2) is 0 Å². The maximum absolute atomic E-state index is 12.5. The fraction of sp³-hybridized carbons (Fsp3) is 0.364. The fourth-order valence-electron chi connectivity index (χ4n) is 1.39. The minimum Gasteiger partial charge on any atom is -0.481 e. The number of hydrogen-bond donors (Lipinski definition) is 2. The monoisotopic (exact) mass is 325 g/mol. The van der Waals surface area contributed by atoms with Gasteiger partial charge in [0.05, 0.1) is 12.0 Å². The average molecular weight is 326 g/mol.